The Bertz CT molecular complexity index is 1450. The minimum absolute atomic E-state index is 0.0699. The molecule has 1 unspecified atom stereocenters. The zero-order valence-electron chi connectivity index (χ0n) is 28.2. The zero-order chi connectivity index (χ0) is 34.1. The van der Waals surface area contributed by atoms with E-state index in [1.165, 1.54) is 13.2 Å². The topological polar surface area (TPSA) is 108 Å². The van der Waals surface area contributed by atoms with Gasteiger partial charge in [0.1, 0.15) is 17.9 Å². The van der Waals surface area contributed by atoms with Gasteiger partial charge in [0.15, 0.2) is 11.5 Å². The van der Waals surface area contributed by atoms with E-state index in [4.69, 9.17) is 18.9 Å². The van der Waals surface area contributed by atoms with E-state index in [0.717, 1.165) is 38.0 Å². The Labute approximate surface area is 276 Å². The number of hydrogen-bond acceptors (Lipinski definition) is 10. The highest BCUT2D eigenvalue weighted by Crippen LogP contribution is 2.39. The third kappa shape index (κ3) is 9.26. The van der Waals surface area contributed by atoms with Crippen molar-refractivity contribution >= 4 is 17.3 Å². The molecular formula is C35H47F2N5O5. The molecule has 2 aliphatic heterocycles. The van der Waals surface area contributed by atoms with Crippen LogP contribution >= 0.6 is 0 Å². The lowest BCUT2D eigenvalue weighted by molar-refractivity contribution is -0.146. The second-order valence-electron chi connectivity index (χ2n) is 12.7. The maximum absolute atomic E-state index is 13.6. The molecule has 0 saturated carbocycles. The number of rotatable bonds is 16. The molecular weight excluding hydrogens is 608 g/mol. The van der Waals surface area contributed by atoms with Gasteiger partial charge >= 0.3 is 12.6 Å². The van der Waals surface area contributed by atoms with Gasteiger partial charge in [-0.05, 0) is 55.0 Å². The fraction of sp³-hybridized carbons (Fsp3) is 0.543. The summed E-state index contributed by atoms with van der Waals surface area (Å²) in [5.74, 6) is 0.142. The Morgan fingerprint density at radius 3 is 2.43 bits per heavy atom. The molecule has 2 aromatic carbocycles. The number of allylic oxidation sites excluding steroid dienone is 1. The van der Waals surface area contributed by atoms with Crippen LogP contribution in [0.15, 0.2) is 36.4 Å². The average Bonchev–Trinajstić information content (AvgIpc) is 3.49. The van der Waals surface area contributed by atoms with E-state index >= 15 is 0 Å². The lowest BCUT2D eigenvalue weighted by Crippen LogP contribution is -2.52. The number of nitrogens with one attached hydrogen (secondary N) is 2. The molecule has 0 spiro atoms. The number of ether oxygens (including phenoxy) is 4. The molecule has 2 fully saturated rings. The van der Waals surface area contributed by atoms with Crippen LogP contribution < -0.4 is 24.8 Å². The molecule has 2 aromatic rings. The quantitative estimate of drug-likeness (QED) is 0.120. The summed E-state index contributed by atoms with van der Waals surface area (Å²) in [5.41, 5.74) is 3.26. The fourth-order valence-corrected chi connectivity index (χ4v) is 6.34. The summed E-state index contributed by atoms with van der Waals surface area (Å²) in [6.45, 7) is 6.90. The van der Waals surface area contributed by atoms with Gasteiger partial charge in [-0.2, -0.15) is 14.0 Å². The number of esters is 1. The Kier molecular flexibility index (Phi) is 12.3. The highest BCUT2D eigenvalue weighted by atomic mass is 19.3. The summed E-state index contributed by atoms with van der Waals surface area (Å²) in [6.07, 6.45) is 5.50. The van der Waals surface area contributed by atoms with Crippen molar-refractivity contribution in [2.24, 2.45) is 5.41 Å². The first-order valence-corrected chi connectivity index (χ1v) is 16.1. The standard InChI is InChI=1S/C35H47F2N5O5/c1-7-8-9-12-31(47-32-24(18-38)14-23(15-27(32)40-5)19-41-21-35(2,3)22-41)45-30-17-29(46-34(36)37)25(16-26(30)39-4)20-42-13-10-11-28(42)33(43)44-6/h8-9,14-17,28,31,34,39-40H,7,10-13,19-22H2,1-6H3/b9-8-/t28-,31?/m0/s1. The summed E-state index contributed by atoms with van der Waals surface area (Å²) < 4.78 is 50.0. The molecule has 0 aromatic heterocycles. The summed E-state index contributed by atoms with van der Waals surface area (Å²) in [4.78, 5) is 16.6. The number of likely N-dealkylation sites (tertiary alicyclic amines) is 2. The zero-order valence-corrected chi connectivity index (χ0v) is 28.2. The molecule has 10 nitrogen and oxygen atoms in total. The van der Waals surface area contributed by atoms with E-state index < -0.39 is 18.9 Å². The van der Waals surface area contributed by atoms with E-state index in [9.17, 15) is 18.8 Å². The number of methoxy groups -OCH3 is 1. The van der Waals surface area contributed by atoms with Crippen LogP contribution in [-0.2, 0) is 22.6 Å². The van der Waals surface area contributed by atoms with Crippen molar-refractivity contribution in [2.45, 2.75) is 78.5 Å². The highest BCUT2D eigenvalue weighted by Gasteiger charge is 2.34. The first kappa shape index (κ1) is 35.8. The predicted octanol–water partition coefficient (Wildman–Crippen LogP) is 6.36. The van der Waals surface area contributed by atoms with Crippen LogP contribution in [0.4, 0.5) is 20.2 Å². The number of benzene rings is 2. The first-order valence-electron chi connectivity index (χ1n) is 16.1. The van der Waals surface area contributed by atoms with E-state index in [1.807, 2.05) is 36.1 Å². The van der Waals surface area contributed by atoms with Gasteiger partial charge in [0.2, 0.25) is 6.29 Å². The lowest BCUT2D eigenvalue weighted by Gasteiger charge is -2.46. The van der Waals surface area contributed by atoms with Crippen molar-refractivity contribution in [3.8, 4) is 23.3 Å². The van der Waals surface area contributed by atoms with Gasteiger partial charge in [0.05, 0.1) is 24.0 Å². The smallest absolute Gasteiger partial charge is 0.387 e. The Morgan fingerprint density at radius 1 is 1.06 bits per heavy atom. The Balaban J connectivity index is 1.64. The molecule has 4 rings (SSSR count). The first-order chi connectivity index (χ1) is 22.5. The maximum Gasteiger partial charge on any atom is 0.387 e. The fourth-order valence-electron chi connectivity index (χ4n) is 6.34. The Morgan fingerprint density at radius 2 is 1.81 bits per heavy atom. The van der Waals surface area contributed by atoms with Gasteiger partial charge in [0.25, 0.3) is 0 Å². The largest absolute Gasteiger partial charge is 0.468 e. The van der Waals surface area contributed by atoms with Crippen LogP contribution in [-0.4, -0.2) is 75.6 Å². The van der Waals surface area contributed by atoms with Crippen molar-refractivity contribution in [3.63, 3.8) is 0 Å². The van der Waals surface area contributed by atoms with E-state index in [1.54, 1.807) is 20.2 Å². The van der Waals surface area contributed by atoms with Crippen LogP contribution in [0.2, 0.25) is 0 Å². The molecule has 0 amide bonds. The van der Waals surface area contributed by atoms with Crippen LogP contribution in [0.3, 0.4) is 0 Å². The van der Waals surface area contributed by atoms with Crippen LogP contribution in [0.25, 0.3) is 0 Å². The van der Waals surface area contributed by atoms with Gasteiger partial charge in [-0.1, -0.05) is 32.9 Å². The minimum Gasteiger partial charge on any atom is -0.468 e. The maximum atomic E-state index is 13.6. The van der Waals surface area contributed by atoms with Crippen molar-refractivity contribution in [3.05, 3.63) is 53.1 Å². The highest BCUT2D eigenvalue weighted by molar-refractivity contribution is 5.76. The van der Waals surface area contributed by atoms with Crippen molar-refractivity contribution in [1.82, 2.24) is 9.80 Å². The molecule has 0 bridgehead atoms. The summed E-state index contributed by atoms with van der Waals surface area (Å²) in [6, 6.07) is 8.72. The molecule has 2 saturated heterocycles. The summed E-state index contributed by atoms with van der Waals surface area (Å²) >= 11 is 0. The average molecular weight is 656 g/mol. The molecule has 12 heteroatoms. The Hall–Kier alpha value is -4.08. The van der Waals surface area contributed by atoms with Gasteiger partial charge in [-0.3, -0.25) is 14.6 Å². The number of hydrogen-bond donors (Lipinski definition) is 2. The van der Waals surface area contributed by atoms with E-state index in [0.29, 0.717) is 47.6 Å². The van der Waals surface area contributed by atoms with Crippen molar-refractivity contribution in [1.29, 1.82) is 5.26 Å². The third-order valence-corrected chi connectivity index (χ3v) is 8.35. The van der Waals surface area contributed by atoms with Crippen LogP contribution in [0.1, 0.15) is 63.1 Å². The molecule has 2 heterocycles. The number of carbonyl (C=O) groups excluding carboxylic acids is 1. The van der Waals surface area contributed by atoms with Gasteiger partial charge < -0.3 is 29.6 Å². The molecule has 2 atom stereocenters. The number of alkyl halides is 2. The second-order valence-corrected chi connectivity index (χ2v) is 12.7. The molecule has 256 valence electrons. The predicted molar refractivity (Wildman–Crippen MR) is 177 cm³/mol. The third-order valence-electron chi connectivity index (χ3n) is 8.35. The van der Waals surface area contributed by atoms with Gasteiger partial charge in [0, 0.05) is 58.3 Å². The molecule has 0 aliphatic carbocycles. The van der Waals surface area contributed by atoms with E-state index in [2.05, 4.69) is 35.5 Å². The van der Waals surface area contributed by atoms with Gasteiger partial charge in [-0.25, -0.2) is 0 Å². The number of halogens is 2. The molecule has 2 aliphatic rings. The SMILES string of the molecule is CC/C=C\CC(Oc1cc(OC(F)F)c(CN2CCC[C@H]2C(=O)OC)cc1NC)Oc1c(C#N)cc(CN2CC(C)(C)C2)cc1NC. The van der Waals surface area contributed by atoms with Crippen LogP contribution in [0, 0.1) is 16.7 Å². The number of carbonyl (C=O) groups is 1. The molecule has 0 radical (unpaired) electrons. The monoisotopic (exact) mass is 655 g/mol. The van der Waals surface area contributed by atoms with Crippen molar-refractivity contribution < 1.29 is 32.5 Å². The summed E-state index contributed by atoms with van der Waals surface area (Å²) in [5, 5.41) is 16.4. The number of nitrogens with zero attached hydrogens (tertiary/aromatic N) is 3. The van der Waals surface area contributed by atoms with Crippen molar-refractivity contribution in [2.75, 3.05) is 51.5 Å². The van der Waals surface area contributed by atoms with Gasteiger partial charge in [-0.15, -0.1) is 0 Å². The number of anilines is 2. The van der Waals surface area contributed by atoms with E-state index in [-0.39, 0.29) is 29.4 Å². The molecule has 2 N–H and O–H groups in total. The second kappa shape index (κ2) is 16.2. The number of nitriles is 1. The summed E-state index contributed by atoms with van der Waals surface area (Å²) in [7, 11) is 4.80. The minimum atomic E-state index is -3.08. The van der Waals surface area contributed by atoms with Crippen LogP contribution in [0.5, 0.6) is 17.2 Å². The normalized spacial score (nSPS) is 18.4. The lowest BCUT2D eigenvalue weighted by atomic mass is 9.84. The molecule has 47 heavy (non-hydrogen) atoms.